The van der Waals surface area contributed by atoms with E-state index in [0.29, 0.717) is 6.10 Å². The summed E-state index contributed by atoms with van der Waals surface area (Å²) in [7, 11) is 0. The zero-order valence-corrected chi connectivity index (χ0v) is 8.13. The molecule has 1 aliphatic rings. The van der Waals surface area contributed by atoms with Gasteiger partial charge in [0.1, 0.15) is 0 Å². The minimum atomic E-state index is -0.734. The summed E-state index contributed by atoms with van der Waals surface area (Å²) in [5.74, 6) is 0. The maximum absolute atomic E-state index is 9.60. The van der Waals surface area contributed by atoms with Gasteiger partial charge in [0.2, 0.25) is 0 Å². The van der Waals surface area contributed by atoms with Crippen molar-refractivity contribution < 1.29 is 9.84 Å². The molecule has 0 spiro atoms. The fourth-order valence-corrected chi connectivity index (χ4v) is 1.26. The zero-order valence-electron chi connectivity index (χ0n) is 8.13. The van der Waals surface area contributed by atoms with Gasteiger partial charge in [-0.3, -0.25) is 0 Å². The van der Waals surface area contributed by atoms with Crippen LogP contribution in [0.5, 0.6) is 0 Å². The van der Waals surface area contributed by atoms with Crippen LogP contribution in [0.15, 0.2) is 12.7 Å². The Morgan fingerprint density at radius 3 is 2.50 bits per heavy atom. The van der Waals surface area contributed by atoms with Crippen LogP contribution in [0, 0.1) is 0 Å². The molecular formula is C10H18O2. The second-order valence-corrected chi connectivity index (χ2v) is 4.31. The number of epoxide rings is 1. The molecule has 2 atom stereocenters. The van der Waals surface area contributed by atoms with Gasteiger partial charge in [-0.05, 0) is 33.6 Å². The van der Waals surface area contributed by atoms with E-state index in [0.717, 1.165) is 12.8 Å². The summed E-state index contributed by atoms with van der Waals surface area (Å²) in [4.78, 5) is 0. The van der Waals surface area contributed by atoms with Crippen molar-refractivity contribution in [3.05, 3.63) is 12.7 Å². The number of aliphatic hydroxyl groups is 1. The van der Waals surface area contributed by atoms with E-state index in [9.17, 15) is 5.11 Å². The number of hydrogen-bond acceptors (Lipinski definition) is 2. The van der Waals surface area contributed by atoms with Gasteiger partial charge in [0.15, 0.2) is 0 Å². The van der Waals surface area contributed by atoms with E-state index in [2.05, 4.69) is 20.4 Å². The largest absolute Gasteiger partial charge is 0.386 e. The van der Waals surface area contributed by atoms with E-state index in [1.54, 1.807) is 13.0 Å². The van der Waals surface area contributed by atoms with Gasteiger partial charge in [-0.25, -0.2) is 0 Å². The summed E-state index contributed by atoms with van der Waals surface area (Å²) < 4.78 is 5.40. The molecule has 0 aromatic rings. The van der Waals surface area contributed by atoms with Crippen molar-refractivity contribution in [2.45, 2.75) is 50.9 Å². The van der Waals surface area contributed by atoms with Crippen molar-refractivity contribution in [3.63, 3.8) is 0 Å². The van der Waals surface area contributed by atoms with Crippen LogP contribution in [-0.2, 0) is 4.74 Å². The minimum absolute atomic E-state index is 0.0389. The highest BCUT2D eigenvalue weighted by atomic mass is 16.6. The van der Waals surface area contributed by atoms with Crippen LogP contribution in [0.4, 0.5) is 0 Å². The first-order valence-corrected chi connectivity index (χ1v) is 4.41. The van der Waals surface area contributed by atoms with Crippen LogP contribution in [0.3, 0.4) is 0 Å². The van der Waals surface area contributed by atoms with Gasteiger partial charge >= 0.3 is 0 Å². The molecule has 0 amide bonds. The summed E-state index contributed by atoms with van der Waals surface area (Å²) in [6.07, 6.45) is 3.54. The molecule has 1 N–H and O–H groups in total. The third-order valence-corrected chi connectivity index (χ3v) is 2.52. The lowest BCUT2D eigenvalue weighted by Crippen LogP contribution is -2.21. The van der Waals surface area contributed by atoms with E-state index >= 15 is 0 Å². The molecule has 0 aromatic carbocycles. The van der Waals surface area contributed by atoms with Gasteiger partial charge in [0.05, 0.1) is 17.3 Å². The molecule has 0 aromatic heterocycles. The van der Waals surface area contributed by atoms with Crippen LogP contribution in [0.25, 0.3) is 0 Å². The number of ether oxygens (including phenoxy) is 1. The molecule has 1 heterocycles. The third-order valence-electron chi connectivity index (χ3n) is 2.52. The van der Waals surface area contributed by atoms with Gasteiger partial charge < -0.3 is 9.84 Å². The summed E-state index contributed by atoms with van der Waals surface area (Å²) in [6.45, 7) is 9.49. The average molecular weight is 170 g/mol. The maximum atomic E-state index is 9.60. The zero-order chi connectivity index (χ0) is 9.41. The molecule has 2 nitrogen and oxygen atoms in total. The molecule has 0 radical (unpaired) electrons. The second kappa shape index (κ2) is 2.86. The van der Waals surface area contributed by atoms with Crippen LogP contribution >= 0.6 is 0 Å². The average Bonchev–Trinajstić information content (AvgIpc) is 2.56. The molecular weight excluding hydrogens is 152 g/mol. The molecule has 0 saturated carbocycles. The van der Waals surface area contributed by atoms with E-state index in [1.165, 1.54) is 0 Å². The van der Waals surface area contributed by atoms with Crippen molar-refractivity contribution in [1.29, 1.82) is 0 Å². The highest BCUT2D eigenvalue weighted by Gasteiger charge is 2.47. The topological polar surface area (TPSA) is 32.8 Å². The molecule has 1 rings (SSSR count). The van der Waals surface area contributed by atoms with Crippen molar-refractivity contribution in [2.75, 3.05) is 0 Å². The molecule has 2 heteroatoms. The standard InChI is InChI=1S/C10H18O2/c1-5-10(4,11)7-6-8-9(2,3)12-8/h5,8,11H,1,6-7H2,2-4H3/t8?,10-/m0/s1. The molecule has 1 aliphatic heterocycles. The van der Waals surface area contributed by atoms with Crippen LogP contribution in [0.1, 0.15) is 33.6 Å². The Morgan fingerprint density at radius 2 is 2.17 bits per heavy atom. The van der Waals surface area contributed by atoms with Gasteiger partial charge in [0, 0.05) is 0 Å². The summed E-state index contributed by atoms with van der Waals surface area (Å²) in [5.41, 5.74) is -0.695. The fourth-order valence-electron chi connectivity index (χ4n) is 1.26. The summed E-state index contributed by atoms with van der Waals surface area (Å²) >= 11 is 0. The van der Waals surface area contributed by atoms with E-state index in [4.69, 9.17) is 4.74 Å². The Kier molecular flexibility index (Phi) is 2.32. The molecule has 12 heavy (non-hydrogen) atoms. The maximum Gasteiger partial charge on any atom is 0.0892 e. The Balaban J connectivity index is 2.24. The molecule has 1 saturated heterocycles. The fraction of sp³-hybridized carbons (Fsp3) is 0.800. The molecule has 1 fully saturated rings. The first-order valence-electron chi connectivity index (χ1n) is 4.41. The van der Waals surface area contributed by atoms with E-state index in [-0.39, 0.29) is 5.60 Å². The lowest BCUT2D eigenvalue weighted by molar-refractivity contribution is 0.0967. The Morgan fingerprint density at radius 1 is 1.67 bits per heavy atom. The quantitative estimate of drug-likeness (QED) is 0.516. The first kappa shape index (κ1) is 9.75. The van der Waals surface area contributed by atoms with Gasteiger partial charge in [-0.1, -0.05) is 6.08 Å². The molecule has 1 unspecified atom stereocenters. The highest BCUT2D eigenvalue weighted by Crippen LogP contribution is 2.39. The van der Waals surface area contributed by atoms with E-state index < -0.39 is 5.60 Å². The summed E-state index contributed by atoms with van der Waals surface area (Å²) in [6, 6.07) is 0. The smallest absolute Gasteiger partial charge is 0.0892 e. The summed E-state index contributed by atoms with van der Waals surface area (Å²) in [5, 5.41) is 9.60. The van der Waals surface area contributed by atoms with Gasteiger partial charge in [-0.15, -0.1) is 6.58 Å². The van der Waals surface area contributed by atoms with Crippen molar-refractivity contribution in [1.82, 2.24) is 0 Å². The van der Waals surface area contributed by atoms with Gasteiger partial charge in [-0.2, -0.15) is 0 Å². The predicted molar refractivity (Wildman–Crippen MR) is 49.0 cm³/mol. The van der Waals surface area contributed by atoms with Gasteiger partial charge in [0.25, 0.3) is 0 Å². The minimum Gasteiger partial charge on any atom is -0.386 e. The molecule has 70 valence electrons. The normalized spacial score (nSPS) is 30.8. The van der Waals surface area contributed by atoms with Crippen LogP contribution < -0.4 is 0 Å². The van der Waals surface area contributed by atoms with Crippen molar-refractivity contribution >= 4 is 0 Å². The number of hydrogen-bond donors (Lipinski definition) is 1. The van der Waals surface area contributed by atoms with Crippen molar-refractivity contribution in [3.8, 4) is 0 Å². The van der Waals surface area contributed by atoms with Crippen molar-refractivity contribution in [2.24, 2.45) is 0 Å². The Bertz CT molecular complexity index is 182. The SMILES string of the molecule is C=C[C@](C)(O)CCC1OC1(C)C. The molecule has 0 aliphatic carbocycles. The number of rotatable bonds is 4. The second-order valence-electron chi connectivity index (χ2n) is 4.31. The lowest BCUT2D eigenvalue weighted by atomic mass is 9.96. The first-order chi connectivity index (χ1) is 5.37. The third kappa shape index (κ3) is 2.32. The Hall–Kier alpha value is -0.340. The molecule has 0 bridgehead atoms. The van der Waals surface area contributed by atoms with E-state index in [1.807, 2.05) is 0 Å². The Labute approximate surface area is 74.2 Å². The lowest BCUT2D eigenvalue weighted by Gasteiger charge is -2.17. The monoisotopic (exact) mass is 170 g/mol. The van der Waals surface area contributed by atoms with Crippen LogP contribution in [-0.4, -0.2) is 22.4 Å². The van der Waals surface area contributed by atoms with Crippen LogP contribution in [0.2, 0.25) is 0 Å². The predicted octanol–water partition coefficient (Wildman–Crippen LogP) is 1.88. The highest BCUT2D eigenvalue weighted by molar-refractivity contribution is 4.98.